The van der Waals surface area contributed by atoms with E-state index in [4.69, 9.17) is 4.74 Å². The molecule has 2 aromatic rings. The summed E-state index contributed by atoms with van der Waals surface area (Å²) in [6.45, 7) is 15.3. The molecule has 1 fully saturated rings. The molecule has 3 rings (SSSR count). The molecule has 0 unspecified atom stereocenters. The van der Waals surface area contributed by atoms with Crippen molar-refractivity contribution in [1.29, 1.82) is 0 Å². The van der Waals surface area contributed by atoms with Crippen LogP contribution in [0.15, 0.2) is 35.7 Å². The average Bonchev–Trinajstić information content (AvgIpc) is 3.32. The van der Waals surface area contributed by atoms with Gasteiger partial charge in [0.2, 0.25) is 5.91 Å². The summed E-state index contributed by atoms with van der Waals surface area (Å²) in [5.41, 5.74) is 2.69. The standard InChI is InChI=1S/C26H38N2O2S/c1-18(2)13-28(26(29)19(3)4)15-22-14-27(17-25-20(5)10-11-31-25)16-24(22)21-8-7-9-23(12-21)30-6/h7-12,18-19,22,24H,13-17H2,1-6H3/t22-,24+/m1/s1. The first kappa shape index (κ1) is 23.8. The zero-order valence-corrected chi connectivity index (χ0v) is 20.7. The summed E-state index contributed by atoms with van der Waals surface area (Å²) >= 11 is 1.85. The van der Waals surface area contributed by atoms with Crippen molar-refractivity contribution in [3.63, 3.8) is 0 Å². The number of hydrogen-bond donors (Lipinski definition) is 0. The number of aryl methyl sites for hydroxylation is 1. The first-order valence-electron chi connectivity index (χ1n) is 11.5. The normalized spacial score (nSPS) is 19.4. The highest BCUT2D eigenvalue weighted by Crippen LogP contribution is 2.36. The third-order valence-corrected chi connectivity index (χ3v) is 7.23. The Labute approximate surface area is 192 Å². The molecule has 0 spiro atoms. The zero-order chi connectivity index (χ0) is 22.5. The largest absolute Gasteiger partial charge is 0.497 e. The van der Waals surface area contributed by atoms with Gasteiger partial charge in [-0.25, -0.2) is 0 Å². The molecular weight excluding hydrogens is 404 g/mol. The van der Waals surface area contributed by atoms with Crippen LogP contribution in [0.1, 0.15) is 49.6 Å². The minimum Gasteiger partial charge on any atom is -0.497 e. The van der Waals surface area contributed by atoms with E-state index in [1.54, 1.807) is 7.11 Å². The van der Waals surface area contributed by atoms with Crippen LogP contribution in [0, 0.1) is 24.7 Å². The van der Waals surface area contributed by atoms with Crippen molar-refractivity contribution in [3.8, 4) is 5.75 Å². The molecular formula is C26H38N2O2S. The molecule has 1 aromatic carbocycles. The Kier molecular flexibility index (Phi) is 8.17. The van der Waals surface area contributed by atoms with Gasteiger partial charge in [0.15, 0.2) is 0 Å². The maximum atomic E-state index is 13.0. The Morgan fingerprint density at radius 3 is 2.61 bits per heavy atom. The van der Waals surface area contributed by atoms with Crippen LogP contribution >= 0.6 is 11.3 Å². The van der Waals surface area contributed by atoms with Crippen LogP contribution in [0.3, 0.4) is 0 Å². The van der Waals surface area contributed by atoms with Crippen molar-refractivity contribution in [2.45, 2.75) is 47.1 Å². The lowest BCUT2D eigenvalue weighted by Crippen LogP contribution is -2.41. The fourth-order valence-corrected chi connectivity index (χ4v) is 5.58. The summed E-state index contributed by atoms with van der Waals surface area (Å²) in [5, 5.41) is 2.18. The number of carbonyl (C=O) groups is 1. The van der Waals surface area contributed by atoms with E-state index in [1.165, 1.54) is 16.0 Å². The molecule has 1 aromatic heterocycles. The minimum absolute atomic E-state index is 0.0280. The van der Waals surface area contributed by atoms with Crippen molar-refractivity contribution < 1.29 is 9.53 Å². The molecule has 0 aliphatic carbocycles. The van der Waals surface area contributed by atoms with Crippen LogP contribution in [-0.2, 0) is 11.3 Å². The quantitative estimate of drug-likeness (QED) is 0.520. The molecule has 4 nitrogen and oxygen atoms in total. The summed E-state index contributed by atoms with van der Waals surface area (Å²) in [7, 11) is 1.72. The lowest BCUT2D eigenvalue weighted by atomic mass is 9.88. The van der Waals surface area contributed by atoms with E-state index >= 15 is 0 Å². The van der Waals surface area contributed by atoms with E-state index in [1.807, 2.05) is 31.3 Å². The van der Waals surface area contributed by atoms with Crippen LogP contribution in [0.25, 0.3) is 0 Å². The Balaban J connectivity index is 1.85. The molecule has 1 saturated heterocycles. The van der Waals surface area contributed by atoms with Crippen molar-refractivity contribution >= 4 is 17.2 Å². The van der Waals surface area contributed by atoms with Crippen molar-refractivity contribution in [2.24, 2.45) is 17.8 Å². The second-order valence-electron chi connectivity index (χ2n) is 9.66. The number of hydrogen-bond acceptors (Lipinski definition) is 4. The van der Waals surface area contributed by atoms with E-state index in [-0.39, 0.29) is 11.8 Å². The number of benzene rings is 1. The SMILES string of the molecule is COc1cccc([C@@H]2CN(Cc3sccc3C)C[C@@H]2CN(CC(C)C)C(=O)C(C)C)c1. The van der Waals surface area contributed by atoms with Gasteiger partial charge in [-0.1, -0.05) is 39.8 Å². The Morgan fingerprint density at radius 1 is 1.23 bits per heavy atom. The molecule has 1 aliphatic rings. The molecule has 31 heavy (non-hydrogen) atoms. The molecule has 0 bridgehead atoms. The van der Waals surface area contributed by atoms with Crippen LogP contribution in [-0.4, -0.2) is 49.0 Å². The topological polar surface area (TPSA) is 32.8 Å². The zero-order valence-electron chi connectivity index (χ0n) is 19.9. The summed E-state index contributed by atoms with van der Waals surface area (Å²) in [5.74, 6) is 2.47. The van der Waals surface area contributed by atoms with Gasteiger partial charge in [0.05, 0.1) is 7.11 Å². The van der Waals surface area contributed by atoms with Crippen LogP contribution in [0.5, 0.6) is 5.75 Å². The van der Waals surface area contributed by atoms with Crippen molar-refractivity contribution in [3.05, 3.63) is 51.7 Å². The van der Waals surface area contributed by atoms with Gasteiger partial charge in [-0.2, -0.15) is 0 Å². The van der Waals surface area contributed by atoms with Crippen LogP contribution < -0.4 is 4.74 Å². The molecule has 0 saturated carbocycles. The van der Waals surface area contributed by atoms with E-state index in [2.05, 4.69) is 60.2 Å². The van der Waals surface area contributed by atoms with E-state index in [0.29, 0.717) is 17.8 Å². The van der Waals surface area contributed by atoms with Gasteiger partial charge < -0.3 is 9.64 Å². The third kappa shape index (κ3) is 6.11. The number of carbonyl (C=O) groups excluding carboxylic acids is 1. The third-order valence-electron chi connectivity index (χ3n) is 6.22. The fourth-order valence-electron chi connectivity index (χ4n) is 4.64. The predicted molar refractivity (Wildman–Crippen MR) is 130 cm³/mol. The van der Waals surface area contributed by atoms with Gasteiger partial charge in [0, 0.05) is 49.4 Å². The lowest BCUT2D eigenvalue weighted by molar-refractivity contribution is -0.135. The maximum absolute atomic E-state index is 13.0. The first-order valence-corrected chi connectivity index (χ1v) is 12.3. The number of rotatable bonds is 9. The fraction of sp³-hybridized carbons (Fsp3) is 0.577. The second kappa shape index (κ2) is 10.6. The van der Waals surface area contributed by atoms with Crippen LogP contribution in [0.4, 0.5) is 0 Å². The highest BCUT2D eigenvalue weighted by atomic mass is 32.1. The lowest BCUT2D eigenvalue weighted by Gasteiger charge is -2.31. The first-order chi connectivity index (χ1) is 14.8. The highest BCUT2D eigenvalue weighted by Gasteiger charge is 2.36. The Bertz CT molecular complexity index is 861. The van der Waals surface area contributed by atoms with Gasteiger partial charge in [-0.3, -0.25) is 9.69 Å². The number of ether oxygens (including phenoxy) is 1. The summed E-state index contributed by atoms with van der Waals surface area (Å²) in [4.78, 5) is 19.1. The number of nitrogens with zero attached hydrogens (tertiary/aromatic N) is 2. The molecule has 2 atom stereocenters. The van der Waals surface area contributed by atoms with Gasteiger partial charge in [-0.05, 0) is 53.5 Å². The molecule has 0 N–H and O–H groups in total. The maximum Gasteiger partial charge on any atom is 0.225 e. The van der Waals surface area contributed by atoms with Gasteiger partial charge >= 0.3 is 0 Å². The predicted octanol–water partition coefficient (Wildman–Crippen LogP) is 5.42. The molecule has 1 aliphatic heterocycles. The summed E-state index contributed by atoms with van der Waals surface area (Å²) in [6, 6.07) is 10.7. The number of amides is 1. The van der Waals surface area contributed by atoms with Gasteiger partial charge in [0.25, 0.3) is 0 Å². The molecule has 2 heterocycles. The minimum atomic E-state index is 0.0280. The molecule has 5 heteroatoms. The Hall–Kier alpha value is -1.85. The Morgan fingerprint density at radius 2 is 2.00 bits per heavy atom. The summed E-state index contributed by atoms with van der Waals surface area (Å²) in [6.07, 6.45) is 0. The van der Waals surface area contributed by atoms with Gasteiger partial charge in [0.1, 0.15) is 5.75 Å². The number of thiophene rings is 1. The van der Waals surface area contributed by atoms with Crippen molar-refractivity contribution in [2.75, 3.05) is 33.3 Å². The second-order valence-corrected chi connectivity index (χ2v) is 10.7. The van der Waals surface area contributed by atoms with E-state index in [0.717, 1.165) is 38.5 Å². The van der Waals surface area contributed by atoms with Crippen molar-refractivity contribution in [1.82, 2.24) is 9.80 Å². The van der Waals surface area contributed by atoms with E-state index in [9.17, 15) is 4.79 Å². The molecule has 1 amide bonds. The summed E-state index contributed by atoms with van der Waals surface area (Å²) < 4.78 is 5.50. The number of likely N-dealkylation sites (tertiary alicyclic amines) is 1. The monoisotopic (exact) mass is 442 g/mol. The highest BCUT2D eigenvalue weighted by molar-refractivity contribution is 7.10. The number of methoxy groups -OCH3 is 1. The van der Waals surface area contributed by atoms with E-state index < -0.39 is 0 Å². The smallest absolute Gasteiger partial charge is 0.225 e. The molecule has 0 radical (unpaired) electrons. The average molecular weight is 443 g/mol. The van der Waals surface area contributed by atoms with Crippen LogP contribution in [0.2, 0.25) is 0 Å². The van der Waals surface area contributed by atoms with Gasteiger partial charge in [-0.15, -0.1) is 11.3 Å². The molecule has 170 valence electrons.